The maximum Gasteiger partial charge on any atom is 0.272 e. The van der Waals surface area contributed by atoms with Crippen molar-refractivity contribution >= 4 is 17.8 Å². The van der Waals surface area contributed by atoms with Gasteiger partial charge in [-0.05, 0) is 49.9 Å². The number of methoxy groups -OCH3 is 1. The highest BCUT2D eigenvalue weighted by molar-refractivity contribution is 5.94. The number of carbonyl (C=O) groups is 2. The Morgan fingerprint density at radius 1 is 1.23 bits per heavy atom. The molecule has 0 unspecified atom stereocenters. The van der Waals surface area contributed by atoms with Gasteiger partial charge in [-0.15, -0.1) is 0 Å². The Labute approximate surface area is 176 Å². The van der Waals surface area contributed by atoms with Gasteiger partial charge in [0.25, 0.3) is 5.91 Å². The molecule has 2 amide bonds. The molecular formula is C22H27N5O3. The first kappa shape index (κ1) is 20.1. The molecule has 2 aliphatic rings. The lowest BCUT2D eigenvalue weighted by Crippen LogP contribution is -2.50. The molecule has 8 heteroatoms. The van der Waals surface area contributed by atoms with Crippen LogP contribution in [0.25, 0.3) is 0 Å². The van der Waals surface area contributed by atoms with Gasteiger partial charge in [0.05, 0.1) is 12.5 Å². The zero-order valence-electron chi connectivity index (χ0n) is 17.4. The highest BCUT2D eigenvalue weighted by Crippen LogP contribution is 2.41. The average molecular weight is 409 g/mol. The Morgan fingerprint density at radius 2 is 2.07 bits per heavy atom. The number of likely N-dealkylation sites (tertiary alicyclic amines) is 2. The number of amides is 2. The first-order chi connectivity index (χ1) is 14.4. The topological polar surface area (TPSA) is 102 Å². The number of benzene rings is 1. The predicted octanol–water partition coefficient (Wildman–Crippen LogP) is 2.03. The molecule has 3 heterocycles. The van der Waals surface area contributed by atoms with Crippen LogP contribution in [0.15, 0.2) is 30.3 Å². The number of nitrogens with two attached hydrogens (primary N) is 1. The van der Waals surface area contributed by atoms with E-state index in [1.807, 2.05) is 29.2 Å². The second-order valence-corrected chi connectivity index (χ2v) is 8.19. The third-order valence-electron chi connectivity index (χ3n) is 6.06. The van der Waals surface area contributed by atoms with E-state index in [-0.39, 0.29) is 23.5 Å². The number of aromatic nitrogens is 2. The molecule has 1 atom stereocenters. The number of carbonyl (C=O) groups excluding carboxylic acids is 2. The largest absolute Gasteiger partial charge is 0.497 e. The number of rotatable bonds is 4. The number of nitrogen functional groups attached to an aromatic ring is 1. The molecular weight excluding hydrogens is 382 g/mol. The average Bonchev–Trinajstić information content (AvgIpc) is 3.15. The molecule has 2 aromatic rings. The molecule has 8 nitrogen and oxygen atoms in total. The maximum absolute atomic E-state index is 13.4. The molecule has 2 aliphatic heterocycles. The van der Waals surface area contributed by atoms with Crippen LogP contribution in [0.5, 0.6) is 5.75 Å². The van der Waals surface area contributed by atoms with Crippen LogP contribution in [-0.4, -0.2) is 58.3 Å². The van der Waals surface area contributed by atoms with E-state index in [9.17, 15) is 9.59 Å². The van der Waals surface area contributed by atoms with E-state index in [0.29, 0.717) is 31.7 Å². The number of piperidine rings is 1. The van der Waals surface area contributed by atoms with E-state index in [2.05, 4.69) is 9.97 Å². The minimum absolute atomic E-state index is 0.0884. The number of ether oxygens (including phenoxy) is 1. The molecule has 0 aliphatic carbocycles. The molecule has 0 radical (unpaired) electrons. The summed E-state index contributed by atoms with van der Waals surface area (Å²) in [6.45, 7) is 4.02. The second-order valence-electron chi connectivity index (χ2n) is 8.19. The standard InChI is InChI=1S/C22H27N5O3/c1-15-11-18(25-21(23)24-15)19(28)27-10-8-22(14-27)7-4-9-26(20(22)29)13-16-5-3-6-17(12-16)30-2/h3,5-6,11-12H,4,7-10,13-14H2,1-2H3,(H2,23,24,25)/t22-/m0/s1. The Hall–Kier alpha value is -3.16. The third-order valence-corrected chi connectivity index (χ3v) is 6.06. The summed E-state index contributed by atoms with van der Waals surface area (Å²) in [5.41, 5.74) is 7.17. The van der Waals surface area contributed by atoms with E-state index in [0.717, 1.165) is 30.7 Å². The van der Waals surface area contributed by atoms with Gasteiger partial charge in [0.1, 0.15) is 11.4 Å². The molecule has 2 N–H and O–H groups in total. The lowest BCUT2D eigenvalue weighted by atomic mass is 9.78. The monoisotopic (exact) mass is 409 g/mol. The van der Waals surface area contributed by atoms with Crippen molar-refractivity contribution in [1.29, 1.82) is 0 Å². The lowest BCUT2D eigenvalue weighted by Gasteiger charge is -2.39. The number of hydrogen-bond acceptors (Lipinski definition) is 6. The van der Waals surface area contributed by atoms with Crippen LogP contribution in [0.1, 0.15) is 41.0 Å². The molecule has 1 aromatic carbocycles. The van der Waals surface area contributed by atoms with E-state index in [4.69, 9.17) is 10.5 Å². The fourth-order valence-corrected chi connectivity index (χ4v) is 4.58. The minimum Gasteiger partial charge on any atom is -0.497 e. The second kappa shape index (κ2) is 7.93. The van der Waals surface area contributed by atoms with Crippen molar-refractivity contribution in [2.45, 2.75) is 32.7 Å². The predicted molar refractivity (Wildman–Crippen MR) is 112 cm³/mol. The van der Waals surface area contributed by atoms with Crippen molar-refractivity contribution in [2.24, 2.45) is 5.41 Å². The van der Waals surface area contributed by atoms with E-state index >= 15 is 0 Å². The molecule has 0 bridgehead atoms. The van der Waals surface area contributed by atoms with Gasteiger partial charge in [-0.1, -0.05) is 12.1 Å². The first-order valence-corrected chi connectivity index (χ1v) is 10.2. The van der Waals surface area contributed by atoms with Crippen molar-refractivity contribution in [1.82, 2.24) is 19.8 Å². The normalized spacial score (nSPS) is 21.3. The smallest absolute Gasteiger partial charge is 0.272 e. The lowest BCUT2D eigenvalue weighted by molar-refractivity contribution is -0.146. The molecule has 2 fully saturated rings. The van der Waals surface area contributed by atoms with E-state index in [1.54, 1.807) is 25.0 Å². The Balaban J connectivity index is 1.49. The van der Waals surface area contributed by atoms with Gasteiger partial charge in [-0.25, -0.2) is 9.97 Å². The first-order valence-electron chi connectivity index (χ1n) is 10.2. The van der Waals surface area contributed by atoms with Gasteiger partial charge >= 0.3 is 0 Å². The molecule has 1 spiro atoms. The van der Waals surface area contributed by atoms with Crippen LogP contribution >= 0.6 is 0 Å². The summed E-state index contributed by atoms with van der Waals surface area (Å²) in [5, 5.41) is 0. The van der Waals surface area contributed by atoms with Crippen LogP contribution in [0.4, 0.5) is 5.95 Å². The van der Waals surface area contributed by atoms with Crippen LogP contribution in [0.2, 0.25) is 0 Å². The summed E-state index contributed by atoms with van der Waals surface area (Å²) in [4.78, 5) is 38.2. The number of nitrogens with zero attached hydrogens (tertiary/aromatic N) is 4. The van der Waals surface area contributed by atoms with Crippen molar-refractivity contribution < 1.29 is 14.3 Å². The maximum atomic E-state index is 13.4. The van der Waals surface area contributed by atoms with Gasteiger partial charge in [0.2, 0.25) is 11.9 Å². The van der Waals surface area contributed by atoms with Crippen LogP contribution in [0.3, 0.4) is 0 Å². The van der Waals surface area contributed by atoms with E-state index in [1.165, 1.54) is 0 Å². The van der Waals surface area contributed by atoms with Crippen molar-refractivity contribution in [2.75, 3.05) is 32.5 Å². The molecule has 1 aromatic heterocycles. The quantitative estimate of drug-likeness (QED) is 0.829. The number of hydrogen-bond donors (Lipinski definition) is 1. The Morgan fingerprint density at radius 3 is 2.83 bits per heavy atom. The van der Waals surface area contributed by atoms with Crippen LogP contribution < -0.4 is 10.5 Å². The summed E-state index contributed by atoms with van der Waals surface area (Å²) in [6.07, 6.45) is 2.40. The van der Waals surface area contributed by atoms with Crippen molar-refractivity contribution in [3.05, 3.63) is 47.3 Å². The Bertz CT molecular complexity index is 959. The van der Waals surface area contributed by atoms with E-state index < -0.39 is 5.41 Å². The summed E-state index contributed by atoms with van der Waals surface area (Å²) in [6, 6.07) is 9.43. The fourth-order valence-electron chi connectivity index (χ4n) is 4.58. The third kappa shape index (κ3) is 3.81. The fraction of sp³-hybridized carbons (Fsp3) is 0.455. The van der Waals surface area contributed by atoms with Gasteiger partial charge in [-0.3, -0.25) is 9.59 Å². The SMILES string of the molecule is COc1cccc(CN2CCC[C@@]3(CCN(C(=O)c4cc(C)nc(N)n4)C3)C2=O)c1. The Kier molecular flexibility index (Phi) is 5.32. The zero-order valence-corrected chi connectivity index (χ0v) is 17.4. The molecule has 4 rings (SSSR count). The van der Waals surface area contributed by atoms with Crippen molar-refractivity contribution in [3.8, 4) is 5.75 Å². The summed E-state index contributed by atoms with van der Waals surface area (Å²) >= 11 is 0. The summed E-state index contributed by atoms with van der Waals surface area (Å²) in [5.74, 6) is 0.807. The van der Waals surface area contributed by atoms with Gasteiger partial charge in [0, 0.05) is 31.9 Å². The molecule has 30 heavy (non-hydrogen) atoms. The molecule has 158 valence electrons. The number of anilines is 1. The van der Waals surface area contributed by atoms with Gasteiger partial charge < -0.3 is 20.3 Å². The summed E-state index contributed by atoms with van der Waals surface area (Å²) in [7, 11) is 1.64. The summed E-state index contributed by atoms with van der Waals surface area (Å²) < 4.78 is 5.30. The zero-order chi connectivity index (χ0) is 21.3. The van der Waals surface area contributed by atoms with Crippen LogP contribution in [-0.2, 0) is 11.3 Å². The van der Waals surface area contributed by atoms with Gasteiger partial charge in [0.15, 0.2) is 0 Å². The minimum atomic E-state index is -0.513. The van der Waals surface area contributed by atoms with Gasteiger partial charge in [-0.2, -0.15) is 0 Å². The highest BCUT2D eigenvalue weighted by atomic mass is 16.5. The number of aryl methyl sites for hydroxylation is 1. The highest BCUT2D eigenvalue weighted by Gasteiger charge is 2.49. The molecule has 2 saturated heterocycles. The molecule has 0 saturated carbocycles. The van der Waals surface area contributed by atoms with Crippen LogP contribution in [0, 0.1) is 12.3 Å². The van der Waals surface area contributed by atoms with Crippen molar-refractivity contribution in [3.63, 3.8) is 0 Å².